The van der Waals surface area contributed by atoms with E-state index in [9.17, 15) is 13.2 Å². The maximum absolute atomic E-state index is 11.9. The number of ether oxygens (including phenoxy) is 1. The fourth-order valence-corrected chi connectivity index (χ4v) is 6.26. The summed E-state index contributed by atoms with van der Waals surface area (Å²) in [4.78, 5) is 11.9. The zero-order chi connectivity index (χ0) is 13.4. The van der Waals surface area contributed by atoms with Gasteiger partial charge in [0.15, 0.2) is 9.84 Å². The first-order chi connectivity index (χ1) is 8.32. The summed E-state index contributed by atoms with van der Waals surface area (Å²) in [5.74, 6) is -0.518. The Kier molecular flexibility index (Phi) is 3.68. The summed E-state index contributed by atoms with van der Waals surface area (Å²) in [6, 6.07) is 8.59. The molecule has 0 amide bonds. The number of alkyl halides is 1. The Labute approximate surface area is 120 Å². The largest absolute Gasteiger partial charge is 0.454 e. The molecule has 0 N–H and O–H groups in total. The van der Waals surface area contributed by atoms with Gasteiger partial charge in [0.2, 0.25) is 0 Å². The molecule has 2 rings (SSSR count). The minimum atomic E-state index is -3.12. The highest BCUT2D eigenvalue weighted by atomic mass is 127. The number of rotatable bonds is 2. The minimum absolute atomic E-state index is 0.0616. The van der Waals surface area contributed by atoms with Crippen LogP contribution in [0.25, 0.3) is 0 Å². The Hall–Kier alpha value is -0.630. The maximum atomic E-state index is 11.9. The lowest BCUT2D eigenvalue weighted by atomic mass is 10.1. The van der Waals surface area contributed by atoms with Gasteiger partial charge in [-0.3, -0.25) is 0 Å². The minimum Gasteiger partial charge on any atom is -0.454 e. The van der Waals surface area contributed by atoms with Crippen molar-refractivity contribution in [3.05, 3.63) is 35.9 Å². The fourth-order valence-electron chi connectivity index (χ4n) is 1.92. The molecule has 1 saturated heterocycles. The van der Waals surface area contributed by atoms with Crippen molar-refractivity contribution < 1.29 is 17.9 Å². The van der Waals surface area contributed by atoms with Gasteiger partial charge < -0.3 is 4.74 Å². The molecule has 4 nitrogen and oxygen atoms in total. The second kappa shape index (κ2) is 4.80. The number of halogens is 1. The lowest BCUT2D eigenvalue weighted by Gasteiger charge is -2.26. The molecule has 6 heteroatoms. The van der Waals surface area contributed by atoms with Crippen molar-refractivity contribution >= 4 is 38.4 Å². The summed E-state index contributed by atoms with van der Waals surface area (Å²) in [6.07, 6.45) is 0. The van der Waals surface area contributed by atoms with Gasteiger partial charge in [0, 0.05) is 0 Å². The van der Waals surface area contributed by atoms with E-state index in [1.165, 1.54) is 0 Å². The average Bonchev–Trinajstić information content (AvgIpc) is 2.48. The Morgan fingerprint density at radius 1 is 1.39 bits per heavy atom. The lowest BCUT2D eigenvalue weighted by Crippen LogP contribution is -2.39. The van der Waals surface area contributed by atoms with Crippen molar-refractivity contribution in [1.82, 2.24) is 0 Å². The van der Waals surface area contributed by atoms with E-state index in [1.54, 1.807) is 37.3 Å². The van der Waals surface area contributed by atoms with Gasteiger partial charge in [-0.2, -0.15) is 0 Å². The summed E-state index contributed by atoms with van der Waals surface area (Å²) in [6.45, 7) is 1.68. The van der Waals surface area contributed by atoms with Crippen LogP contribution in [0.1, 0.15) is 17.3 Å². The molecule has 0 spiro atoms. The number of esters is 1. The molecule has 98 valence electrons. The van der Waals surface area contributed by atoms with E-state index in [2.05, 4.69) is 0 Å². The molecule has 1 aliphatic heterocycles. The third-order valence-electron chi connectivity index (χ3n) is 2.90. The Bertz CT molecular complexity index is 555. The monoisotopic (exact) mass is 380 g/mol. The van der Waals surface area contributed by atoms with Crippen LogP contribution in [-0.4, -0.2) is 35.4 Å². The van der Waals surface area contributed by atoms with Gasteiger partial charge in [-0.1, -0.05) is 40.8 Å². The van der Waals surface area contributed by atoms with Crippen LogP contribution >= 0.6 is 22.6 Å². The molecule has 1 aromatic carbocycles. The predicted octanol–water partition coefficient (Wildman–Crippen LogP) is 1.83. The second-order valence-electron chi connectivity index (χ2n) is 4.59. The van der Waals surface area contributed by atoms with Crippen molar-refractivity contribution in [3.8, 4) is 0 Å². The smallest absolute Gasteiger partial charge is 0.338 e. The number of hydrogen-bond acceptors (Lipinski definition) is 4. The van der Waals surface area contributed by atoms with Gasteiger partial charge in [-0.05, 0) is 19.1 Å². The highest BCUT2D eigenvalue weighted by molar-refractivity contribution is 14.1. The standard InChI is InChI=1S/C12H13IO4S/c1-12(8-18(15,16)7-10(12)13)17-11(14)9-5-3-2-4-6-9/h2-6,10H,7-8H2,1H3. The SMILES string of the molecule is CC1(OC(=O)c2ccccc2)CS(=O)(=O)CC1I. The van der Waals surface area contributed by atoms with Gasteiger partial charge in [-0.25, -0.2) is 13.2 Å². The number of carbonyl (C=O) groups excluding carboxylic acids is 1. The highest BCUT2D eigenvalue weighted by Gasteiger charge is 2.49. The number of carbonyl (C=O) groups is 1. The van der Waals surface area contributed by atoms with Crippen molar-refractivity contribution in [2.24, 2.45) is 0 Å². The first-order valence-electron chi connectivity index (χ1n) is 5.45. The average molecular weight is 380 g/mol. The summed E-state index contributed by atoms with van der Waals surface area (Å²) in [5.41, 5.74) is -0.501. The molecule has 1 aliphatic rings. The zero-order valence-electron chi connectivity index (χ0n) is 9.80. The van der Waals surface area contributed by atoms with E-state index >= 15 is 0 Å². The van der Waals surface area contributed by atoms with Crippen LogP contribution in [0, 0.1) is 0 Å². The van der Waals surface area contributed by atoms with Crippen molar-refractivity contribution in [2.75, 3.05) is 11.5 Å². The van der Waals surface area contributed by atoms with Crippen LogP contribution in [0.2, 0.25) is 0 Å². The zero-order valence-corrected chi connectivity index (χ0v) is 12.8. The van der Waals surface area contributed by atoms with Crippen LogP contribution < -0.4 is 0 Å². The first kappa shape index (κ1) is 13.8. The van der Waals surface area contributed by atoms with Gasteiger partial charge >= 0.3 is 5.97 Å². The molecule has 0 bridgehead atoms. The van der Waals surface area contributed by atoms with E-state index in [4.69, 9.17) is 4.74 Å². The number of benzene rings is 1. The molecule has 0 aromatic heterocycles. The molecule has 18 heavy (non-hydrogen) atoms. The first-order valence-corrected chi connectivity index (χ1v) is 8.52. The van der Waals surface area contributed by atoms with E-state index in [0.717, 1.165) is 0 Å². The number of hydrogen-bond donors (Lipinski definition) is 0. The number of sulfone groups is 1. The van der Waals surface area contributed by atoms with Crippen molar-refractivity contribution in [1.29, 1.82) is 0 Å². The summed E-state index contributed by atoms with van der Waals surface area (Å²) >= 11 is 2.03. The second-order valence-corrected chi connectivity index (χ2v) is 8.20. The highest BCUT2D eigenvalue weighted by Crippen LogP contribution is 2.33. The van der Waals surface area contributed by atoms with Gasteiger partial charge in [-0.15, -0.1) is 0 Å². The normalized spacial score (nSPS) is 30.0. The summed E-state index contributed by atoms with van der Waals surface area (Å²) in [5, 5.41) is 0. The van der Waals surface area contributed by atoms with Gasteiger partial charge in [0.1, 0.15) is 5.60 Å². The Morgan fingerprint density at radius 2 is 2.00 bits per heavy atom. The molecule has 1 fully saturated rings. The van der Waals surface area contributed by atoms with E-state index in [-0.39, 0.29) is 15.4 Å². The molecule has 0 radical (unpaired) electrons. The van der Waals surface area contributed by atoms with E-state index in [0.29, 0.717) is 5.56 Å². The molecule has 1 heterocycles. The Morgan fingerprint density at radius 3 is 2.50 bits per heavy atom. The van der Waals surface area contributed by atoms with E-state index in [1.807, 2.05) is 22.6 Å². The topological polar surface area (TPSA) is 60.4 Å². The van der Waals surface area contributed by atoms with Gasteiger partial charge in [0.25, 0.3) is 0 Å². The van der Waals surface area contributed by atoms with Crippen LogP contribution in [0.4, 0.5) is 0 Å². The van der Waals surface area contributed by atoms with Crippen molar-refractivity contribution in [3.63, 3.8) is 0 Å². The molecule has 2 atom stereocenters. The maximum Gasteiger partial charge on any atom is 0.338 e. The summed E-state index contributed by atoms with van der Waals surface area (Å²) < 4.78 is 28.3. The lowest BCUT2D eigenvalue weighted by molar-refractivity contribution is 0.00598. The summed E-state index contributed by atoms with van der Waals surface area (Å²) in [7, 11) is -3.12. The Balaban J connectivity index is 2.17. The van der Waals surface area contributed by atoms with Crippen LogP contribution in [0.5, 0.6) is 0 Å². The molecule has 0 aliphatic carbocycles. The fraction of sp³-hybridized carbons (Fsp3) is 0.417. The van der Waals surface area contributed by atoms with Crippen LogP contribution in [0.3, 0.4) is 0 Å². The molecular formula is C12H13IO4S. The van der Waals surface area contributed by atoms with Crippen LogP contribution in [0.15, 0.2) is 30.3 Å². The van der Waals surface area contributed by atoms with Crippen LogP contribution in [-0.2, 0) is 14.6 Å². The quantitative estimate of drug-likeness (QED) is 0.446. The molecule has 0 saturated carbocycles. The third-order valence-corrected chi connectivity index (χ3v) is 7.11. The third kappa shape index (κ3) is 2.85. The van der Waals surface area contributed by atoms with E-state index < -0.39 is 21.4 Å². The molecule has 2 unspecified atom stereocenters. The molecular weight excluding hydrogens is 367 g/mol. The predicted molar refractivity (Wildman–Crippen MR) is 76.7 cm³/mol. The van der Waals surface area contributed by atoms with Crippen molar-refractivity contribution in [2.45, 2.75) is 16.4 Å². The van der Waals surface area contributed by atoms with Gasteiger partial charge in [0.05, 0.1) is 21.0 Å². The molecule has 1 aromatic rings.